The van der Waals surface area contributed by atoms with Gasteiger partial charge in [0.1, 0.15) is 21.3 Å². The van der Waals surface area contributed by atoms with Gasteiger partial charge in [0.2, 0.25) is 5.43 Å². The van der Waals surface area contributed by atoms with Crippen molar-refractivity contribution in [3.63, 3.8) is 0 Å². The number of hydrogen-bond acceptors (Lipinski definition) is 6. The molecule has 2 aliphatic rings. The zero-order valence-electron chi connectivity index (χ0n) is 17.1. The van der Waals surface area contributed by atoms with Gasteiger partial charge in [0.25, 0.3) is 0 Å². The molecule has 0 unspecified atom stereocenters. The van der Waals surface area contributed by atoms with Crippen LogP contribution in [0.5, 0.6) is 5.75 Å². The van der Waals surface area contributed by atoms with Gasteiger partial charge in [0.15, 0.2) is 11.3 Å². The Labute approximate surface area is 256 Å². The standard InChI is InChI=1S/C22H8Br4Cl4O6/c23-7-3-5-9(10-11(22(34)35-2-1-31)15(28)17(30)16(29)14(10)27)6-4-8(24)19(33)13(26)21(6)36-20(5)12(25)18(7)32/h3-4,31-32H,1-2H2. The smallest absolute Gasteiger partial charge is 0.340 e. The highest BCUT2D eigenvalue weighted by molar-refractivity contribution is 9.11. The molecule has 2 N–H and O–H groups in total. The maximum absolute atomic E-state index is 13.2. The van der Waals surface area contributed by atoms with Gasteiger partial charge in [-0.25, -0.2) is 4.79 Å². The first kappa shape index (κ1) is 28.4. The van der Waals surface area contributed by atoms with Gasteiger partial charge in [-0.3, -0.25) is 4.79 Å². The van der Waals surface area contributed by atoms with Crippen molar-refractivity contribution in [2.45, 2.75) is 0 Å². The van der Waals surface area contributed by atoms with E-state index in [9.17, 15) is 14.7 Å². The topological polar surface area (TPSA) is 97.0 Å². The molecule has 4 rings (SSSR count). The lowest BCUT2D eigenvalue weighted by Gasteiger charge is -2.22. The van der Waals surface area contributed by atoms with E-state index in [1.807, 2.05) is 0 Å². The first-order valence-corrected chi connectivity index (χ1v) is 14.2. The van der Waals surface area contributed by atoms with E-state index in [0.717, 1.165) is 0 Å². The monoisotopic (exact) mass is 824 g/mol. The zero-order valence-corrected chi connectivity index (χ0v) is 26.5. The van der Waals surface area contributed by atoms with Crippen LogP contribution in [0.2, 0.25) is 20.1 Å². The first-order chi connectivity index (χ1) is 16.9. The Morgan fingerprint density at radius 2 is 1.56 bits per heavy atom. The molecule has 0 fully saturated rings. The molecule has 188 valence electrons. The summed E-state index contributed by atoms with van der Waals surface area (Å²) in [5.41, 5.74) is 0.126. The molecule has 14 heteroatoms. The van der Waals surface area contributed by atoms with Gasteiger partial charge >= 0.3 is 5.97 Å². The molecule has 36 heavy (non-hydrogen) atoms. The molecular formula is C22H8Br4Cl4O6. The van der Waals surface area contributed by atoms with Crippen molar-refractivity contribution < 1.29 is 24.2 Å². The van der Waals surface area contributed by atoms with Crippen LogP contribution in [0.4, 0.5) is 0 Å². The minimum atomic E-state index is -0.929. The minimum Gasteiger partial charge on any atom is -0.505 e. The van der Waals surface area contributed by atoms with Gasteiger partial charge < -0.3 is 19.4 Å². The summed E-state index contributed by atoms with van der Waals surface area (Å²) in [4.78, 5) is 25.8. The maximum Gasteiger partial charge on any atom is 0.340 e. The van der Waals surface area contributed by atoms with Crippen molar-refractivity contribution in [2.75, 3.05) is 13.2 Å². The molecule has 1 heterocycles. The van der Waals surface area contributed by atoms with E-state index in [-0.39, 0.29) is 78.4 Å². The fourth-order valence-corrected chi connectivity index (χ4v) is 6.96. The molecule has 1 aliphatic heterocycles. The van der Waals surface area contributed by atoms with Crippen LogP contribution in [0.25, 0.3) is 33.4 Å². The summed E-state index contributed by atoms with van der Waals surface area (Å²) in [5.74, 6) is -1.02. The lowest BCUT2D eigenvalue weighted by molar-refractivity contribution is 0.0435. The van der Waals surface area contributed by atoms with Crippen LogP contribution in [-0.2, 0) is 4.74 Å². The van der Waals surface area contributed by atoms with Gasteiger partial charge in [0.05, 0.1) is 41.2 Å². The zero-order chi connectivity index (χ0) is 26.6. The fraction of sp³-hybridized carbons (Fsp3) is 0.0909. The van der Waals surface area contributed by atoms with Gasteiger partial charge in [-0.2, -0.15) is 0 Å². The Balaban J connectivity index is 2.34. The number of rotatable bonds is 4. The van der Waals surface area contributed by atoms with E-state index in [0.29, 0.717) is 10.9 Å². The Morgan fingerprint density at radius 1 is 0.917 bits per heavy atom. The Hall–Kier alpha value is -0.560. The average molecular weight is 830 g/mol. The van der Waals surface area contributed by atoms with Gasteiger partial charge in [-0.15, -0.1) is 0 Å². The maximum atomic E-state index is 13.2. The third-order valence-electron chi connectivity index (χ3n) is 5.07. The van der Waals surface area contributed by atoms with Crippen molar-refractivity contribution in [3.8, 4) is 28.2 Å². The highest BCUT2D eigenvalue weighted by atomic mass is 79.9. The summed E-state index contributed by atoms with van der Waals surface area (Å²) in [5, 5.41) is 19.3. The van der Waals surface area contributed by atoms with Crippen LogP contribution in [0.3, 0.4) is 0 Å². The summed E-state index contributed by atoms with van der Waals surface area (Å²) in [6.45, 7) is -0.755. The van der Waals surface area contributed by atoms with Gasteiger partial charge in [-0.1, -0.05) is 46.4 Å². The first-order valence-electron chi connectivity index (χ1n) is 9.52. The summed E-state index contributed by atoms with van der Waals surface area (Å²) >= 11 is 39.0. The van der Waals surface area contributed by atoms with Crippen molar-refractivity contribution in [1.82, 2.24) is 0 Å². The number of phenolic OH excluding ortho intramolecular Hbond substituents is 1. The van der Waals surface area contributed by atoms with Gasteiger partial charge in [-0.05, 0) is 75.9 Å². The van der Waals surface area contributed by atoms with Crippen LogP contribution in [-0.4, -0.2) is 29.4 Å². The normalized spacial score (nSPS) is 11.5. The number of benzene rings is 3. The third-order valence-corrected chi connectivity index (χ3v) is 9.52. The highest BCUT2D eigenvalue weighted by Crippen LogP contribution is 2.53. The summed E-state index contributed by atoms with van der Waals surface area (Å²) in [6.07, 6.45) is 0. The van der Waals surface area contributed by atoms with Crippen molar-refractivity contribution >= 4 is 127 Å². The molecule has 0 saturated carbocycles. The predicted octanol–water partition coefficient (Wildman–Crippen LogP) is 9.08. The molecule has 0 aromatic heterocycles. The van der Waals surface area contributed by atoms with E-state index >= 15 is 0 Å². The van der Waals surface area contributed by atoms with Crippen molar-refractivity contribution in [3.05, 3.63) is 65.9 Å². The van der Waals surface area contributed by atoms with E-state index in [4.69, 9.17) is 60.7 Å². The number of fused-ring (bicyclic) bond motifs is 2. The number of aliphatic hydroxyl groups is 1. The Kier molecular flexibility index (Phi) is 8.61. The third kappa shape index (κ3) is 4.60. The van der Waals surface area contributed by atoms with Crippen LogP contribution >= 0.6 is 110 Å². The van der Waals surface area contributed by atoms with Crippen molar-refractivity contribution in [1.29, 1.82) is 0 Å². The van der Waals surface area contributed by atoms with E-state index in [2.05, 4.69) is 63.7 Å². The van der Waals surface area contributed by atoms with Crippen molar-refractivity contribution in [2.24, 2.45) is 0 Å². The van der Waals surface area contributed by atoms with E-state index < -0.39 is 18.0 Å². The number of carbonyl (C=O) groups is 1. The van der Waals surface area contributed by atoms with Crippen LogP contribution < -0.4 is 5.43 Å². The van der Waals surface area contributed by atoms with Crippen LogP contribution in [0.1, 0.15) is 10.4 Å². The molecule has 1 aliphatic carbocycles. The van der Waals surface area contributed by atoms with E-state index in [1.165, 1.54) is 12.1 Å². The van der Waals surface area contributed by atoms with Crippen LogP contribution in [0.15, 0.2) is 39.2 Å². The molecule has 0 saturated heterocycles. The number of phenols is 1. The molecular weight excluding hydrogens is 822 g/mol. The molecule has 0 radical (unpaired) electrons. The number of halogens is 8. The fourth-order valence-electron chi connectivity index (χ4n) is 3.53. The van der Waals surface area contributed by atoms with Crippen LogP contribution in [0, 0.1) is 0 Å². The Morgan fingerprint density at radius 3 is 2.19 bits per heavy atom. The second kappa shape index (κ2) is 10.9. The largest absolute Gasteiger partial charge is 0.505 e. The lowest BCUT2D eigenvalue weighted by atomic mass is 9.90. The highest BCUT2D eigenvalue weighted by Gasteiger charge is 2.33. The molecule has 2 aromatic rings. The Bertz CT molecular complexity index is 1620. The molecule has 0 bridgehead atoms. The molecule has 6 nitrogen and oxygen atoms in total. The lowest BCUT2D eigenvalue weighted by Crippen LogP contribution is -2.13. The second-order valence-electron chi connectivity index (χ2n) is 7.12. The average Bonchev–Trinajstić information content (AvgIpc) is 2.85. The number of carbonyl (C=O) groups excluding carboxylic acids is 1. The molecule has 0 atom stereocenters. The predicted molar refractivity (Wildman–Crippen MR) is 154 cm³/mol. The molecule has 0 amide bonds. The summed E-state index contributed by atoms with van der Waals surface area (Å²) in [7, 11) is 0. The number of ether oxygens (including phenoxy) is 1. The summed E-state index contributed by atoms with van der Waals surface area (Å²) in [6, 6.07) is 3.03. The number of esters is 1. The molecule has 2 aromatic carbocycles. The second-order valence-corrected chi connectivity index (χ2v) is 11.9. The minimum absolute atomic E-state index is 0.0340. The van der Waals surface area contributed by atoms with Gasteiger partial charge in [0, 0.05) is 22.1 Å². The SMILES string of the molecule is O=C(OCCO)c1c(Cl)c(Cl)c(Cl)c(Cl)c1-c1c2cc(Br)c(=O)c(Br)c-2oc2c(Br)c(O)c(Br)cc12. The quantitative estimate of drug-likeness (QED) is 0.0923. The molecule has 0 spiro atoms. The van der Waals surface area contributed by atoms with E-state index in [1.54, 1.807) is 0 Å². The number of aliphatic hydroxyl groups excluding tert-OH is 1. The summed E-state index contributed by atoms with van der Waals surface area (Å²) < 4.78 is 11.9. The number of hydrogen-bond donors (Lipinski definition) is 2. The number of aromatic hydroxyl groups is 1.